The second-order valence-electron chi connectivity index (χ2n) is 6.80. The van der Waals surface area contributed by atoms with Gasteiger partial charge in [0.05, 0.1) is 0 Å². The summed E-state index contributed by atoms with van der Waals surface area (Å²) in [6, 6.07) is 0.826. The molecule has 0 aromatic heterocycles. The normalized spacial score (nSPS) is 23.4. The van der Waals surface area contributed by atoms with E-state index in [1.165, 1.54) is 52.0 Å². The van der Waals surface area contributed by atoms with Crippen molar-refractivity contribution in [3.05, 3.63) is 0 Å². The molecule has 19 heavy (non-hydrogen) atoms. The highest BCUT2D eigenvalue weighted by Gasteiger charge is 2.34. The Morgan fingerprint density at radius 1 is 1.16 bits per heavy atom. The highest BCUT2D eigenvalue weighted by Crippen LogP contribution is 2.32. The van der Waals surface area contributed by atoms with Gasteiger partial charge in [-0.25, -0.2) is 0 Å². The predicted molar refractivity (Wildman–Crippen MR) is 84.6 cm³/mol. The van der Waals surface area contributed by atoms with Gasteiger partial charge in [-0.15, -0.1) is 0 Å². The Morgan fingerprint density at radius 3 is 2.37 bits per heavy atom. The van der Waals surface area contributed by atoms with Gasteiger partial charge in [-0.2, -0.15) is 0 Å². The molecule has 0 radical (unpaired) electrons. The molecule has 0 bridgehead atoms. The Bertz CT molecular complexity index is 228. The Labute approximate surface area is 120 Å². The van der Waals surface area contributed by atoms with Crippen LogP contribution in [0.15, 0.2) is 0 Å². The summed E-state index contributed by atoms with van der Waals surface area (Å²) in [7, 11) is 4.35. The molecule has 1 fully saturated rings. The van der Waals surface area contributed by atoms with Crippen molar-refractivity contribution in [3.63, 3.8) is 0 Å². The van der Waals surface area contributed by atoms with Crippen molar-refractivity contribution >= 4 is 0 Å². The Kier molecular flexibility index (Phi) is 7.96. The van der Waals surface area contributed by atoms with Crippen LogP contribution in [0.2, 0.25) is 0 Å². The molecule has 114 valence electrons. The van der Waals surface area contributed by atoms with Gasteiger partial charge >= 0.3 is 0 Å². The SMILES string of the molecule is CCCNCC1CCC1N(CCN(C)C)CC(C)C. The molecule has 2 unspecified atom stereocenters. The minimum absolute atomic E-state index is 0.770. The Hall–Kier alpha value is -0.120. The van der Waals surface area contributed by atoms with E-state index in [2.05, 4.69) is 50.0 Å². The molecule has 1 saturated carbocycles. The van der Waals surface area contributed by atoms with Gasteiger partial charge in [0.25, 0.3) is 0 Å². The van der Waals surface area contributed by atoms with Crippen LogP contribution in [-0.2, 0) is 0 Å². The van der Waals surface area contributed by atoms with E-state index in [0.717, 1.165) is 17.9 Å². The molecule has 3 heteroatoms. The van der Waals surface area contributed by atoms with Crippen LogP contribution in [0.3, 0.4) is 0 Å². The Balaban J connectivity index is 2.39. The zero-order valence-electron chi connectivity index (χ0n) is 13.8. The summed E-state index contributed by atoms with van der Waals surface area (Å²) in [6.07, 6.45) is 4.06. The number of hydrogen-bond acceptors (Lipinski definition) is 3. The molecule has 1 aliphatic carbocycles. The lowest BCUT2D eigenvalue weighted by atomic mass is 9.78. The van der Waals surface area contributed by atoms with Crippen molar-refractivity contribution < 1.29 is 0 Å². The molecule has 1 aliphatic rings. The van der Waals surface area contributed by atoms with Crippen LogP contribution < -0.4 is 5.32 Å². The van der Waals surface area contributed by atoms with Gasteiger partial charge in [0.1, 0.15) is 0 Å². The molecule has 0 aliphatic heterocycles. The second kappa shape index (κ2) is 8.93. The molecule has 3 nitrogen and oxygen atoms in total. The first-order chi connectivity index (χ1) is 9.04. The monoisotopic (exact) mass is 269 g/mol. The highest BCUT2D eigenvalue weighted by molar-refractivity contribution is 4.90. The molecule has 2 atom stereocenters. The van der Waals surface area contributed by atoms with E-state index in [1.807, 2.05) is 0 Å². The third kappa shape index (κ3) is 6.24. The molecular weight excluding hydrogens is 234 g/mol. The topological polar surface area (TPSA) is 18.5 Å². The van der Waals surface area contributed by atoms with E-state index in [0.29, 0.717) is 0 Å². The minimum atomic E-state index is 0.770. The van der Waals surface area contributed by atoms with Gasteiger partial charge in [-0.05, 0) is 58.3 Å². The lowest BCUT2D eigenvalue weighted by Crippen LogP contribution is -2.53. The molecule has 0 aromatic carbocycles. The average Bonchev–Trinajstić information content (AvgIpc) is 2.29. The van der Waals surface area contributed by atoms with Crippen LogP contribution >= 0.6 is 0 Å². The summed E-state index contributed by atoms with van der Waals surface area (Å²) >= 11 is 0. The first-order valence-corrected chi connectivity index (χ1v) is 8.14. The zero-order chi connectivity index (χ0) is 14.3. The highest BCUT2D eigenvalue weighted by atomic mass is 15.2. The lowest BCUT2D eigenvalue weighted by molar-refractivity contribution is 0.0478. The van der Waals surface area contributed by atoms with Crippen molar-refractivity contribution in [1.82, 2.24) is 15.1 Å². The molecule has 1 N–H and O–H groups in total. The number of rotatable bonds is 10. The summed E-state index contributed by atoms with van der Waals surface area (Å²) < 4.78 is 0. The van der Waals surface area contributed by atoms with Crippen LogP contribution in [-0.4, -0.2) is 62.7 Å². The van der Waals surface area contributed by atoms with Gasteiger partial charge in [-0.3, -0.25) is 4.90 Å². The van der Waals surface area contributed by atoms with E-state index in [-0.39, 0.29) is 0 Å². The predicted octanol–water partition coefficient (Wildman–Crippen LogP) is 2.28. The lowest BCUT2D eigenvalue weighted by Gasteiger charge is -2.45. The van der Waals surface area contributed by atoms with E-state index >= 15 is 0 Å². The standard InChI is InChI=1S/C16H35N3/c1-6-9-17-12-15-7-8-16(15)19(13-14(2)3)11-10-18(4)5/h14-17H,6-13H2,1-5H3. The maximum atomic E-state index is 3.60. The fourth-order valence-electron chi connectivity index (χ4n) is 2.92. The molecule has 0 amide bonds. The molecule has 0 spiro atoms. The van der Waals surface area contributed by atoms with Crippen molar-refractivity contribution in [2.45, 2.75) is 46.1 Å². The van der Waals surface area contributed by atoms with Crippen LogP contribution in [0.4, 0.5) is 0 Å². The van der Waals surface area contributed by atoms with Gasteiger partial charge in [0.2, 0.25) is 0 Å². The van der Waals surface area contributed by atoms with E-state index in [1.54, 1.807) is 0 Å². The minimum Gasteiger partial charge on any atom is -0.316 e. The van der Waals surface area contributed by atoms with Crippen LogP contribution in [0.1, 0.15) is 40.0 Å². The second-order valence-corrected chi connectivity index (χ2v) is 6.80. The summed E-state index contributed by atoms with van der Waals surface area (Å²) in [5.74, 6) is 1.65. The first kappa shape index (κ1) is 16.9. The summed E-state index contributed by atoms with van der Waals surface area (Å²) in [6.45, 7) is 13.0. The van der Waals surface area contributed by atoms with Crippen molar-refractivity contribution in [2.75, 3.05) is 46.8 Å². The number of likely N-dealkylation sites (N-methyl/N-ethyl adjacent to an activating group) is 1. The van der Waals surface area contributed by atoms with E-state index in [9.17, 15) is 0 Å². The average molecular weight is 269 g/mol. The quantitative estimate of drug-likeness (QED) is 0.614. The third-order valence-electron chi connectivity index (χ3n) is 4.11. The van der Waals surface area contributed by atoms with Gasteiger partial charge < -0.3 is 10.2 Å². The van der Waals surface area contributed by atoms with Crippen LogP contribution in [0.25, 0.3) is 0 Å². The van der Waals surface area contributed by atoms with Crippen LogP contribution in [0.5, 0.6) is 0 Å². The molecule has 0 aromatic rings. The summed E-state index contributed by atoms with van der Waals surface area (Å²) in [5.41, 5.74) is 0. The Morgan fingerprint density at radius 2 is 1.89 bits per heavy atom. The summed E-state index contributed by atoms with van der Waals surface area (Å²) in [4.78, 5) is 5.04. The molecular formula is C16H35N3. The first-order valence-electron chi connectivity index (χ1n) is 8.14. The van der Waals surface area contributed by atoms with Crippen molar-refractivity contribution in [1.29, 1.82) is 0 Å². The van der Waals surface area contributed by atoms with E-state index in [4.69, 9.17) is 0 Å². The van der Waals surface area contributed by atoms with Gasteiger partial charge in [0, 0.05) is 25.7 Å². The number of nitrogens with zero attached hydrogens (tertiary/aromatic N) is 2. The van der Waals surface area contributed by atoms with Crippen molar-refractivity contribution in [2.24, 2.45) is 11.8 Å². The third-order valence-corrected chi connectivity index (χ3v) is 4.11. The summed E-state index contributed by atoms with van der Waals surface area (Å²) in [5, 5.41) is 3.60. The molecule has 1 rings (SSSR count). The van der Waals surface area contributed by atoms with Crippen LogP contribution in [0, 0.1) is 11.8 Å². The zero-order valence-corrected chi connectivity index (χ0v) is 13.8. The largest absolute Gasteiger partial charge is 0.316 e. The molecule has 0 saturated heterocycles. The van der Waals surface area contributed by atoms with Gasteiger partial charge in [0.15, 0.2) is 0 Å². The fourth-order valence-corrected chi connectivity index (χ4v) is 2.92. The van der Waals surface area contributed by atoms with Gasteiger partial charge in [-0.1, -0.05) is 20.8 Å². The maximum Gasteiger partial charge on any atom is 0.0136 e. The maximum absolute atomic E-state index is 3.60. The number of hydrogen-bond donors (Lipinski definition) is 1. The van der Waals surface area contributed by atoms with E-state index < -0.39 is 0 Å². The van der Waals surface area contributed by atoms with Crippen molar-refractivity contribution in [3.8, 4) is 0 Å². The number of nitrogens with one attached hydrogen (secondary N) is 1. The smallest absolute Gasteiger partial charge is 0.0136 e. The molecule has 0 heterocycles. The fraction of sp³-hybridized carbons (Fsp3) is 1.00.